The molecular weight excluding hydrogens is 313 g/mol. The second kappa shape index (κ2) is 5.92. The van der Waals surface area contributed by atoms with Crippen LogP contribution in [0.3, 0.4) is 0 Å². The second-order valence-corrected chi connectivity index (χ2v) is 7.47. The van der Waals surface area contributed by atoms with Crippen molar-refractivity contribution in [2.75, 3.05) is 6.61 Å². The second-order valence-electron chi connectivity index (χ2n) is 2.41. The smallest absolute Gasteiger partial charge is 0.382 e. The maximum absolute atomic E-state index is 11.2. The highest BCUT2D eigenvalue weighted by Gasteiger charge is 2.32. The van der Waals surface area contributed by atoms with E-state index >= 15 is 0 Å². The molecule has 90 valence electrons. The molecule has 0 aromatic carbocycles. The number of carbonyl (C=O) groups is 1. The first-order chi connectivity index (χ1) is 6.53. The normalized spacial score (nSPS) is 18.0. The summed E-state index contributed by atoms with van der Waals surface area (Å²) in [7, 11) is 0. The third-order valence-corrected chi connectivity index (χ3v) is 2.59. The predicted molar refractivity (Wildman–Crippen MR) is 57.5 cm³/mol. The van der Waals surface area contributed by atoms with E-state index in [1.165, 1.54) is 0 Å². The molecule has 0 rings (SSSR count). The van der Waals surface area contributed by atoms with Crippen molar-refractivity contribution in [1.29, 1.82) is 0 Å². The highest BCUT2D eigenvalue weighted by atomic mass is 35.7. The summed E-state index contributed by atoms with van der Waals surface area (Å²) >= 11 is 21.0. The number of hydrogen-bond acceptors (Lipinski definition) is 5. The summed E-state index contributed by atoms with van der Waals surface area (Å²) in [5.41, 5.74) is 0. The van der Waals surface area contributed by atoms with Crippen LogP contribution in [0.25, 0.3) is 0 Å². The molecule has 10 heteroatoms. The quantitative estimate of drug-likeness (QED) is 0.637. The Balaban J connectivity index is 4.21. The summed E-state index contributed by atoms with van der Waals surface area (Å²) in [5.74, 6) is -1.20. The largest absolute Gasteiger partial charge is 0.479 e. The molecule has 0 aliphatic rings. The monoisotopic (exact) mass is 318 g/mol. The number of rotatable bonds is 4. The fourth-order valence-corrected chi connectivity index (χ4v) is 1.87. The number of halogens is 4. The molecule has 2 unspecified atom stereocenters. The van der Waals surface area contributed by atoms with Gasteiger partial charge in [0.15, 0.2) is 0 Å². The van der Waals surface area contributed by atoms with Crippen molar-refractivity contribution in [3.8, 4) is 0 Å². The van der Waals surface area contributed by atoms with E-state index in [9.17, 15) is 9.36 Å². The molecule has 0 spiro atoms. The van der Waals surface area contributed by atoms with Crippen LogP contribution in [0.2, 0.25) is 0 Å². The van der Waals surface area contributed by atoms with Crippen LogP contribution in [-0.2, 0) is 18.4 Å². The van der Waals surface area contributed by atoms with Gasteiger partial charge in [-0.05, 0) is 6.92 Å². The van der Waals surface area contributed by atoms with Gasteiger partial charge in [0.1, 0.15) is 12.7 Å². The Morgan fingerprint density at radius 1 is 1.53 bits per heavy atom. The SMILES string of the molecule is CC(O)C(=O)OP(=O)(Cl)OCC(Cl)(Cl)Cl. The molecule has 0 aromatic rings. The minimum absolute atomic E-state index is 0.620. The highest BCUT2D eigenvalue weighted by molar-refractivity contribution is 7.81. The topological polar surface area (TPSA) is 72.8 Å². The maximum Gasteiger partial charge on any atom is 0.479 e. The Hall–Kier alpha value is 0.780. The molecule has 0 aromatic heterocycles. The predicted octanol–water partition coefficient (Wildman–Crippen LogP) is 2.64. The molecule has 0 radical (unpaired) electrons. The summed E-state index contributed by atoms with van der Waals surface area (Å²) in [6.07, 6.45) is -1.48. The van der Waals surface area contributed by atoms with Crippen LogP contribution in [0.1, 0.15) is 6.92 Å². The van der Waals surface area contributed by atoms with Crippen LogP contribution in [0.4, 0.5) is 0 Å². The molecule has 1 N–H and O–H groups in total. The van der Waals surface area contributed by atoms with E-state index < -0.39 is 29.4 Å². The van der Waals surface area contributed by atoms with Gasteiger partial charge in [0.05, 0.1) is 0 Å². The van der Waals surface area contributed by atoms with Crippen molar-refractivity contribution >= 4 is 59.0 Å². The number of alkyl halides is 3. The maximum atomic E-state index is 11.2. The zero-order valence-corrected chi connectivity index (χ0v) is 11.2. The van der Waals surface area contributed by atoms with Gasteiger partial charge in [-0.2, -0.15) is 0 Å². The molecule has 0 aliphatic carbocycles. The zero-order chi connectivity index (χ0) is 12.3. The van der Waals surface area contributed by atoms with Crippen LogP contribution < -0.4 is 0 Å². The Labute approximate surface area is 106 Å². The third kappa shape index (κ3) is 8.57. The number of carbonyl (C=O) groups excluding carboxylic acids is 1. The first-order valence-corrected chi connectivity index (χ1v) is 7.04. The summed E-state index contributed by atoms with van der Waals surface area (Å²) in [6, 6.07) is 0. The van der Waals surface area contributed by atoms with E-state index in [-0.39, 0.29) is 0 Å². The van der Waals surface area contributed by atoms with E-state index in [1.54, 1.807) is 0 Å². The van der Waals surface area contributed by atoms with Crippen LogP contribution in [-0.4, -0.2) is 27.6 Å². The Morgan fingerprint density at radius 2 is 2.00 bits per heavy atom. The lowest BCUT2D eigenvalue weighted by atomic mass is 10.4. The van der Waals surface area contributed by atoms with Crippen LogP contribution >= 0.6 is 53.0 Å². The van der Waals surface area contributed by atoms with Gasteiger partial charge in [-0.15, -0.1) is 0 Å². The molecule has 2 atom stereocenters. The van der Waals surface area contributed by atoms with Crippen LogP contribution in [0, 0.1) is 0 Å². The van der Waals surface area contributed by atoms with Gasteiger partial charge < -0.3 is 9.63 Å². The van der Waals surface area contributed by atoms with Gasteiger partial charge in [0, 0.05) is 11.2 Å². The fraction of sp³-hybridized carbons (Fsp3) is 0.800. The van der Waals surface area contributed by atoms with Crippen LogP contribution in [0.15, 0.2) is 0 Å². The van der Waals surface area contributed by atoms with Crippen molar-refractivity contribution in [2.24, 2.45) is 0 Å². The highest BCUT2D eigenvalue weighted by Crippen LogP contribution is 2.55. The Morgan fingerprint density at radius 3 is 2.33 bits per heavy atom. The van der Waals surface area contributed by atoms with Gasteiger partial charge in [0.2, 0.25) is 3.79 Å². The fourth-order valence-electron chi connectivity index (χ4n) is 0.360. The summed E-state index contributed by atoms with van der Waals surface area (Å²) < 4.78 is 17.9. The lowest BCUT2D eigenvalue weighted by Gasteiger charge is -2.15. The van der Waals surface area contributed by atoms with Gasteiger partial charge >= 0.3 is 12.9 Å². The molecule has 15 heavy (non-hydrogen) atoms. The molecule has 0 aliphatic heterocycles. The van der Waals surface area contributed by atoms with Gasteiger partial charge in [0.25, 0.3) is 0 Å². The minimum Gasteiger partial charge on any atom is -0.382 e. The third-order valence-electron chi connectivity index (χ3n) is 0.923. The molecule has 0 amide bonds. The molecule has 0 saturated heterocycles. The molecule has 0 bridgehead atoms. The van der Waals surface area contributed by atoms with Crippen molar-refractivity contribution in [1.82, 2.24) is 0 Å². The van der Waals surface area contributed by atoms with Gasteiger partial charge in [-0.25, -0.2) is 9.36 Å². The van der Waals surface area contributed by atoms with E-state index in [0.29, 0.717) is 0 Å². The molecule has 5 nitrogen and oxygen atoms in total. The Bertz CT molecular complexity index is 275. The summed E-state index contributed by atoms with van der Waals surface area (Å²) in [4.78, 5) is 10.8. The van der Waals surface area contributed by atoms with E-state index in [0.717, 1.165) is 6.92 Å². The van der Waals surface area contributed by atoms with E-state index in [2.05, 4.69) is 9.05 Å². The Kier molecular flexibility index (Phi) is 6.22. The van der Waals surface area contributed by atoms with Crippen molar-refractivity contribution in [3.05, 3.63) is 0 Å². The van der Waals surface area contributed by atoms with Crippen LogP contribution in [0.5, 0.6) is 0 Å². The molecule has 0 fully saturated rings. The standard InChI is InChI=1S/C5H7Cl4O5P/c1-3(10)4(11)14-15(9,12)13-2-5(6,7)8/h3,10H,2H2,1H3. The average molecular weight is 320 g/mol. The van der Waals surface area contributed by atoms with Crippen molar-refractivity contribution < 1.29 is 23.5 Å². The number of aliphatic hydroxyl groups excluding tert-OH is 1. The molecule has 0 heterocycles. The van der Waals surface area contributed by atoms with Gasteiger partial charge in [-0.1, -0.05) is 34.8 Å². The average Bonchev–Trinajstić information content (AvgIpc) is 1.99. The van der Waals surface area contributed by atoms with Gasteiger partial charge in [-0.3, -0.25) is 4.52 Å². The van der Waals surface area contributed by atoms with Crippen molar-refractivity contribution in [2.45, 2.75) is 16.8 Å². The summed E-state index contributed by atoms with van der Waals surface area (Å²) in [5, 5.41) is 8.72. The van der Waals surface area contributed by atoms with E-state index in [1.807, 2.05) is 0 Å². The number of aliphatic hydroxyl groups is 1. The lowest BCUT2D eigenvalue weighted by Crippen LogP contribution is -2.19. The minimum atomic E-state index is -4.19. The molecule has 0 saturated carbocycles. The summed E-state index contributed by atoms with van der Waals surface area (Å²) in [6.45, 7) is -3.70. The first kappa shape index (κ1) is 15.8. The molecular formula is C5H7Cl4O5P. The number of hydrogen-bond donors (Lipinski definition) is 1. The zero-order valence-electron chi connectivity index (χ0n) is 7.32. The lowest BCUT2D eigenvalue weighted by molar-refractivity contribution is -0.143. The van der Waals surface area contributed by atoms with Crippen molar-refractivity contribution in [3.63, 3.8) is 0 Å². The first-order valence-electron chi connectivity index (χ1n) is 3.46. The van der Waals surface area contributed by atoms with E-state index in [4.69, 9.17) is 51.2 Å².